The van der Waals surface area contributed by atoms with E-state index in [1.54, 1.807) is 6.20 Å². The molecule has 1 N–H and O–H groups in total. The molecule has 0 atom stereocenters. The van der Waals surface area contributed by atoms with Gasteiger partial charge >= 0.3 is 0 Å². The second-order valence-corrected chi connectivity index (χ2v) is 6.85. The van der Waals surface area contributed by atoms with E-state index in [-0.39, 0.29) is 11.9 Å². The number of carbonyl (C=O) groups is 1. The average molecular weight is 341 g/mol. The summed E-state index contributed by atoms with van der Waals surface area (Å²) in [6.45, 7) is 10.3. The first-order valence-electron chi connectivity index (χ1n) is 8.91. The first-order valence-corrected chi connectivity index (χ1v) is 8.91. The lowest BCUT2D eigenvalue weighted by Gasteiger charge is -2.36. The molecule has 1 saturated heterocycles. The van der Waals surface area contributed by atoms with E-state index in [0.29, 0.717) is 6.54 Å². The van der Waals surface area contributed by atoms with Crippen LogP contribution in [0.5, 0.6) is 0 Å². The van der Waals surface area contributed by atoms with E-state index in [1.807, 2.05) is 24.6 Å². The van der Waals surface area contributed by atoms with Crippen LogP contribution in [0.2, 0.25) is 0 Å². The molecule has 2 aromatic rings. The van der Waals surface area contributed by atoms with E-state index in [1.165, 1.54) is 11.3 Å². The Hall–Kier alpha value is -2.34. The Bertz CT molecular complexity index is 716. The van der Waals surface area contributed by atoms with Gasteiger partial charge in [-0.3, -0.25) is 9.69 Å². The highest BCUT2D eigenvalue weighted by atomic mass is 16.2. The number of nitrogens with zero attached hydrogens (tertiary/aromatic N) is 4. The third-order valence-electron chi connectivity index (χ3n) is 4.62. The fourth-order valence-electron chi connectivity index (χ4n) is 3.28. The van der Waals surface area contributed by atoms with E-state index in [9.17, 15) is 4.79 Å². The van der Waals surface area contributed by atoms with Gasteiger partial charge in [-0.05, 0) is 32.4 Å². The van der Waals surface area contributed by atoms with Crippen molar-refractivity contribution < 1.29 is 4.79 Å². The van der Waals surface area contributed by atoms with Crippen LogP contribution in [0.1, 0.15) is 25.5 Å². The molecule has 0 spiro atoms. The predicted octanol–water partition coefficient (Wildman–Crippen LogP) is 2.53. The number of amides is 1. The molecule has 1 aliphatic heterocycles. The van der Waals surface area contributed by atoms with Gasteiger partial charge in [0.15, 0.2) is 0 Å². The molecule has 2 heterocycles. The molecule has 0 bridgehead atoms. The molecule has 1 amide bonds. The van der Waals surface area contributed by atoms with Gasteiger partial charge in [0.25, 0.3) is 0 Å². The summed E-state index contributed by atoms with van der Waals surface area (Å²) in [5, 5.41) is 7.23. The maximum absolute atomic E-state index is 12.4. The molecule has 6 heteroatoms. The minimum atomic E-state index is 0.0201. The van der Waals surface area contributed by atoms with Crippen LogP contribution >= 0.6 is 0 Å². The Labute approximate surface area is 149 Å². The molecule has 0 saturated carbocycles. The minimum Gasteiger partial charge on any atom is -0.369 e. The summed E-state index contributed by atoms with van der Waals surface area (Å²) in [4.78, 5) is 17.0. The number of hydrogen-bond donors (Lipinski definition) is 1. The molecule has 3 rings (SSSR count). The number of aryl methyl sites for hydroxylation is 1. The molecule has 6 nitrogen and oxygen atoms in total. The Morgan fingerprint density at radius 2 is 1.88 bits per heavy atom. The number of aromatic nitrogens is 2. The molecular weight excluding hydrogens is 314 g/mol. The Kier molecular flexibility index (Phi) is 5.38. The summed E-state index contributed by atoms with van der Waals surface area (Å²) in [6.07, 6.45) is 1.72. The molecular formula is C19H27N5O. The smallest absolute Gasteiger partial charge is 0.239 e. The quantitative estimate of drug-likeness (QED) is 0.908. The highest BCUT2D eigenvalue weighted by Crippen LogP contribution is 2.20. The number of carbonyl (C=O) groups excluding carboxylic acids is 1. The second-order valence-electron chi connectivity index (χ2n) is 6.85. The number of rotatable bonds is 5. The van der Waals surface area contributed by atoms with Gasteiger partial charge in [0.05, 0.1) is 12.7 Å². The Morgan fingerprint density at radius 3 is 2.56 bits per heavy atom. The SMILES string of the molecule is Cc1ccccc1N1CCN(CC(=O)Nc2ccnn2C(C)C)CC1. The van der Waals surface area contributed by atoms with Crippen molar-refractivity contribution >= 4 is 17.4 Å². The highest BCUT2D eigenvalue weighted by molar-refractivity contribution is 5.91. The van der Waals surface area contributed by atoms with Crippen LogP contribution in [0.15, 0.2) is 36.5 Å². The van der Waals surface area contributed by atoms with Gasteiger partial charge in [0, 0.05) is 44.0 Å². The zero-order chi connectivity index (χ0) is 17.8. The van der Waals surface area contributed by atoms with Gasteiger partial charge < -0.3 is 10.2 Å². The van der Waals surface area contributed by atoms with Crippen molar-refractivity contribution in [3.63, 3.8) is 0 Å². The Morgan fingerprint density at radius 1 is 1.16 bits per heavy atom. The second kappa shape index (κ2) is 7.70. The number of benzene rings is 1. The zero-order valence-electron chi connectivity index (χ0n) is 15.3. The van der Waals surface area contributed by atoms with Crippen LogP contribution in [-0.4, -0.2) is 53.3 Å². The number of hydrogen-bond acceptors (Lipinski definition) is 4. The summed E-state index contributed by atoms with van der Waals surface area (Å²) in [7, 11) is 0. The maximum atomic E-state index is 12.4. The van der Waals surface area contributed by atoms with Crippen LogP contribution in [0, 0.1) is 6.92 Å². The van der Waals surface area contributed by atoms with Gasteiger partial charge in [-0.2, -0.15) is 5.10 Å². The van der Waals surface area contributed by atoms with Crippen LogP contribution in [0.25, 0.3) is 0 Å². The predicted molar refractivity (Wildman–Crippen MR) is 101 cm³/mol. The Balaban J connectivity index is 1.51. The van der Waals surface area contributed by atoms with Gasteiger partial charge in [0.1, 0.15) is 5.82 Å². The molecule has 0 aliphatic carbocycles. The molecule has 0 unspecified atom stereocenters. The summed E-state index contributed by atoms with van der Waals surface area (Å²) >= 11 is 0. The number of piperazine rings is 1. The van der Waals surface area contributed by atoms with Crippen molar-refractivity contribution in [1.82, 2.24) is 14.7 Å². The molecule has 1 fully saturated rings. The van der Waals surface area contributed by atoms with Crippen LogP contribution in [0.3, 0.4) is 0 Å². The van der Waals surface area contributed by atoms with Crippen LogP contribution in [-0.2, 0) is 4.79 Å². The fraction of sp³-hybridized carbons (Fsp3) is 0.474. The summed E-state index contributed by atoms with van der Waals surface area (Å²) in [5.74, 6) is 0.783. The third-order valence-corrected chi connectivity index (χ3v) is 4.62. The summed E-state index contributed by atoms with van der Waals surface area (Å²) in [5.41, 5.74) is 2.60. The molecule has 134 valence electrons. The number of nitrogens with one attached hydrogen (secondary N) is 1. The molecule has 0 radical (unpaired) electrons. The van der Waals surface area contributed by atoms with Crippen molar-refractivity contribution in [3.8, 4) is 0 Å². The first-order chi connectivity index (χ1) is 12.0. The molecule has 1 aromatic heterocycles. The van der Waals surface area contributed by atoms with Crippen molar-refractivity contribution in [3.05, 3.63) is 42.1 Å². The molecule has 1 aromatic carbocycles. The first kappa shape index (κ1) is 17.5. The van der Waals surface area contributed by atoms with E-state index in [2.05, 4.69) is 51.4 Å². The number of para-hydroxylation sites is 1. The average Bonchev–Trinajstić information content (AvgIpc) is 3.04. The largest absolute Gasteiger partial charge is 0.369 e. The van der Waals surface area contributed by atoms with Crippen LogP contribution in [0.4, 0.5) is 11.5 Å². The van der Waals surface area contributed by atoms with Gasteiger partial charge in [-0.1, -0.05) is 18.2 Å². The molecule has 1 aliphatic rings. The van der Waals surface area contributed by atoms with Gasteiger partial charge in [-0.15, -0.1) is 0 Å². The number of anilines is 2. The van der Waals surface area contributed by atoms with E-state index in [0.717, 1.165) is 32.0 Å². The standard InChI is InChI=1S/C19H27N5O/c1-15(2)24-18(8-9-20-24)21-19(25)14-22-10-12-23(13-11-22)17-7-5-4-6-16(17)3/h4-9,15H,10-14H2,1-3H3,(H,21,25). The topological polar surface area (TPSA) is 53.4 Å². The van der Waals surface area contributed by atoms with E-state index >= 15 is 0 Å². The van der Waals surface area contributed by atoms with Gasteiger partial charge in [0.2, 0.25) is 5.91 Å². The lowest BCUT2D eigenvalue weighted by atomic mass is 10.1. The molecule has 25 heavy (non-hydrogen) atoms. The van der Waals surface area contributed by atoms with Crippen LogP contribution < -0.4 is 10.2 Å². The van der Waals surface area contributed by atoms with Crippen molar-refractivity contribution in [2.75, 3.05) is 42.9 Å². The monoisotopic (exact) mass is 341 g/mol. The van der Waals surface area contributed by atoms with Crippen molar-refractivity contribution in [2.45, 2.75) is 26.8 Å². The van der Waals surface area contributed by atoms with Crippen molar-refractivity contribution in [1.29, 1.82) is 0 Å². The summed E-state index contributed by atoms with van der Waals surface area (Å²) in [6, 6.07) is 10.5. The lowest BCUT2D eigenvalue weighted by molar-refractivity contribution is -0.117. The normalized spacial score (nSPS) is 15.6. The maximum Gasteiger partial charge on any atom is 0.239 e. The van der Waals surface area contributed by atoms with E-state index < -0.39 is 0 Å². The van der Waals surface area contributed by atoms with Gasteiger partial charge in [-0.25, -0.2) is 4.68 Å². The third kappa shape index (κ3) is 4.20. The zero-order valence-corrected chi connectivity index (χ0v) is 15.3. The lowest BCUT2D eigenvalue weighted by Crippen LogP contribution is -2.48. The summed E-state index contributed by atoms with van der Waals surface area (Å²) < 4.78 is 1.83. The van der Waals surface area contributed by atoms with E-state index in [4.69, 9.17) is 0 Å². The highest BCUT2D eigenvalue weighted by Gasteiger charge is 2.20. The van der Waals surface area contributed by atoms with Crippen molar-refractivity contribution in [2.24, 2.45) is 0 Å². The minimum absolute atomic E-state index is 0.0201. The fourth-order valence-corrected chi connectivity index (χ4v) is 3.28.